The Morgan fingerprint density at radius 3 is 2.35 bits per heavy atom. The highest BCUT2D eigenvalue weighted by atomic mass is 16.2. The van der Waals surface area contributed by atoms with Gasteiger partial charge in [-0.25, -0.2) is 0 Å². The molecule has 5 nitrogen and oxygen atoms in total. The molecule has 0 spiro atoms. The lowest BCUT2D eigenvalue weighted by Gasteiger charge is -2.27. The van der Waals surface area contributed by atoms with Crippen LogP contribution in [-0.4, -0.2) is 48.9 Å². The first-order valence-corrected chi connectivity index (χ1v) is 7.79. The fourth-order valence-corrected chi connectivity index (χ4v) is 2.23. The smallest absolute Gasteiger partial charge is 0.236 e. The molecular formula is C15H29N3O2. The Hall–Kier alpha value is -1.10. The molecule has 0 aliphatic carbocycles. The average molecular weight is 283 g/mol. The Morgan fingerprint density at radius 2 is 1.75 bits per heavy atom. The number of hydrogen-bond donors (Lipinski definition) is 2. The van der Waals surface area contributed by atoms with E-state index >= 15 is 0 Å². The van der Waals surface area contributed by atoms with Crippen LogP contribution in [-0.2, 0) is 9.59 Å². The molecule has 1 atom stereocenters. The molecule has 0 aromatic heterocycles. The van der Waals surface area contributed by atoms with Gasteiger partial charge < -0.3 is 10.2 Å². The maximum absolute atomic E-state index is 12.0. The molecular weight excluding hydrogens is 254 g/mol. The molecule has 116 valence electrons. The predicted octanol–water partition coefficient (Wildman–Crippen LogP) is 1.14. The molecule has 20 heavy (non-hydrogen) atoms. The van der Waals surface area contributed by atoms with E-state index in [1.807, 2.05) is 4.90 Å². The first-order chi connectivity index (χ1) is 9.50. The Balaban J connectivity index is 2.19. The fraction of sp³-hybridized carbons (Fsp3) is 0.867. The zero-order valence-corrected chi connectivity index (χ0v) is 13.1. The maximum atomic E-state index is 12.0. The van der Waals surface area contributed by atoms with E-state index in [1.54, 1.807) is 6.92 Å². The van der Waals surface area contributed by atoms with E-state index in [0.717, 1.165) is 32.4 Å². The lowest BCUT2D eigenvalue weighted by atomic mass is 10.1. The number of amides is 2. The molecule has 1 aliphatic heterocycles. The Labute approximate surface area is 122 Å². The highest BCUT2D eigenvalue weighted by molar-refractivity contribution is 5.83. The van der Waals surface area contributed by atoms with Gasteiger partial charge in [-0.3, -0.25) is 14.9 Å². The zero-order chi connectivity index (χ0) is 15.0. The second-order valence-electron chi connectivity index (χ2n) is 6.02. The summed E-state index contributed by atoms with van der Waals surface area (Å²) in [6.07, 6.45) is 4.38. The molecule has 1 fully saturated rings. The van der Waals surface area contributed by atoms with Crippen LogP contribution in [0, 0.1) is 5.92 Å². The summed E-state index contributed by atoms with van der Waals surface area (Å²) in [5, 5.41) is 5.91. The van der Waals surface area contributed by atoms with Crippen molar-refractivity contribution >= 4 is 11.8 Å². The van der Waals surface area contributed by atoms with E-state index in [-0.39, 0.29) is 24.4 Å². The Morgan fingerprint density at radius 1 is 1.10 bits per heavy atom. The minimum Gasteiger partial charge on any atom is -0.355 e. The van der Waals surface area contributed by atoms with E-state index < -0.39 is 0 Å². The summed E-state index contributed by atoms with van der Waals surface area (Å²) in [5.74, 6) is 0.655. The number of hydrogen-bond acceptors (Lipinski definition) is 3. The molecule has 0 bridgehead atoms. The van der Waals surface area contributed by atoms with Crippen LogP contribution in [0.1, 0.15) is 46.5 Å². The summed E-state index contributed by atoms with van der Waals surface area (Å²) >= 11 is 0. The van der Waals surface area contributed by atoms with Crippen molar-refractivity contribution in [2.75, 3.05) is 26.2 Å². The van der Waals surface area contributed by atoms with E-state index in [1.165, 1.54) is 6.42 Å². The summed E-state index contributed by atoms with van der Waals surface area (Å²) in [6, 6.07) is -0.323. The lowest BCUT2D eigenvalue weighted by Crippen LogP contribution is -2.48. The molecule has 1 saturated heterocycles. The van der Waals surface area contributed by atoms with Crippen molar-refractivity contribution in [1.82, 2.24) is 15.5 Å². The molecule has 0 radical (unpaired) electrons. The van der Waals surface area contributed by atoms with Crippen LogP contribution >= 0.6 is 0 Å². The minimum absolute atomic E-state index is 0.0305. The molecule has 0 aromatic carbocycles. The van der Waals surface area contributed by atoms with Gasteiger partial charge in [0.05, 0.1) is 12.6 Å². The van der Waals surface area contributed by atoms with Crippen LogP contribution < -0.4 is 10.6 Å². The van der Waals surface area contributed by atoms with Gasteiger partial charge in [0.2, 0.25) is 11.8 Å². The number of piperidine rings is 1. The van der Waals surface area contributed by atoms with Crippen molar-refractivity contribution < 1.29 is 9.59 Å². The number of carbonyl (C=O) groups excluding carboxylic acids is 2. The monoisotopic (exact) mass is 283 g/mol. The molecule has 1 aliphatic rings. The quantitative estimate of drug-likeness (QED) is 0.736. The van der Waals surface area contributed by atoms with Crippen LogP contribution in [0.3, 0.4) is 0 Å². The van der Waals surface area contributed by atoms with Gasteiger partial charge in [-0.1, -0.05) is 13.8 Å². The summed E-state index contributed by atoms with van der Waals surface area (Å²) < 4.78 is 0. The van der Waals surface area contributed by atoms with E-state index in [4.69, 9.17) is 0 Å². The van der Waals surface area contributed by atoms with Crippen LogP contribution in [0.25, 0.3) is 0 Å². The molecule has 0 saturated carbocycles. The topological polar surface area (TPSA) is 61.4 Å². The van der Waals surface area contributed by atoms with Gasteiger partial charge in [0, 0.05) is 19.6 Å². The van der Waals surface area contributed by atoms with Crippen LogP contribution in [0.4, 0.5) is 0 Å². The van der Waals surface area contributed by atoms with Gasteiger partial charge in [0.15, 0.2) is 0 Å². The number of nitrogens with one attached hydrogen (secondary N) is 2. The lowest BCUT2D eigenvalue weighted by molar-refractivity contribution is -0.131. The van der Waals surface area contributed by atoms with Crippen molar-refractivity contribution in [1.29, 1.82) is 0 Å². The van der Waals surface area contributed by atoms with Crippen molar-refractivity contribution in [2.45, 2.75) is 52.5 Å². The largest absolute Gasteiger partial charge is 0.355 e. The normalized spacial score (nSPS) is 17.1. The average Bonchev–Trinajstić information content (AvgIpc) is 2.44. The third-order valence-corrected chi connectivity index (χ3v) is 3.68. The summed E-state index contributed by atoms with van der Waals surface area (Å²) in [6.45, 7) is 8.72. The standard InChI is InChI=1S/C15H29N3O2/c1-12(2)7-8-16-15(20)13(3)17-11-14(19)18-9-5-4-6-10-18/h12-13,17H,4-11H2,1-3H3,(H,16,20). The van der Waals surface area contributed by atoms with Crippen molar-refractivity contribution in [3.63, 3.8) is 0 Å². The predicted molar refractivity (Wildman–Crippen MR) is 80.4 cm³/mol. The van der Waals surface area contributed by atoms with Crippen molar-refractivity contribution in [3.8, 4) is 0 Å². The SMILES string of the molecule is CC(C)CCNC(=O)C(C)NCC(=O)N1CCCCC1. The molecule has 2 N–H and O–H groups in total. The highest BCUT2D eigenvalue weighted by Crippen LogP contribution is 2.08. The highest BCUT2D eigenvalue weighted by Gasteiger charge is 2.18. The van der Waals surface area contributed by atoms with Crippen molar-refractivity contribution in [2.24, 2.45) is 5.92 Å². The number of nitrogens with zero attached hydrogens (tertiary/aromatic N) is 1. The maximum Gasteiger partial charge on any atom is 0.236 e. The third-order valence-electron chi connectivity index (χ3n) is 3.68. The zero-order valence-electron chi connectivity index (χ0n) is 13.1. The van der Waals surface area contributed by atoms with E-state index in [0.29, 0.717) is 12.5 Å². The summed E-state index contributed by atoms with van der Waals surface area (Å²) in [5.41, 5.74) is 0. The molecule has 2 amide bonds. The Bertz CT molecular complexity index is 312. The number of likely N-dealkylation sites (tertiary alicyclic amines) is 1. The molecule has 1 rings (SSSR count). The summed E-state index contributed by atoms with van der Waals surface area (Å²) in [7, 11) is 0. The van der Waals surface area contributed by atoms with Gasteiger partial charge in [0.25, 0.3) is 0 Å². The molecule has 0 aromatic rings. The van der Waals surface area contributed by atoms with Gasteiger partial charge in [-0.15, -0.1) is 0 Å². The first kappa shape index (κ1) is 17.0. The number of carbonyl (C=O) groups is 2. The minimum atomic E-state index is -0.323. The first-order valence-electron chi connectivity index (χ1n) is 7.79. The van der Waals surface area contributed by atoms with Gasteiger partial charge in [-0.2, -0.15) is 0 Å². The second kappa shape index (κ2) is 8.95. The molecule has 1 unspecified atom stereocenters. The van der Waals surface area contributed by atoms with E-state index in [2.05, 4.69) is 24.5 Å². The third kappa shape index (κ3) is 6.37. The fourth-order valence-electron chi connectivity index (χ4n) is 2.23. The number of rotatable bonds is 7. The Kier molecular flexibility index (Phi) is 7.59. The second-order valence-corrected chi connectivity index (χ2v) is 6.02. The summed E-state index contributed by atoms with van der Waals surface area (Å²) in [4.78, 5) is 25.7. The van der Waals surface area contributed by atoms with Crippen LogP contribution in [0.5, 0.6) is 0 Å². The van der Waals surface area contributed by atoms with Gasteiger partial charge >= 0.3 is 0 Å². The molecule has 1 heterocycles. The van der Waals surface area contributed by atoms with Gasteiger partial charge in [0.1, 0.15) is 0 Å². The van der Waals surface area contributed by atoms with Gasteiger partial charge in [-0.05, 0) is 38.5 Å². The van der Waals surface area contributed by atoms with Crippen LogP contribution in [0.15, 0.2) is 0 Å². The van der Waals surface area contributed by atoms with Crippen molar-refractivity contribution in [3.05, 3.63) is 0 Å². The van der Waals surface area contributed by atoms with Crippen LogP contribution in [0.2, 0.25) is 0 Å². The van der Waals surface area contributed by atoms with E-state index in [9.17, 15) is 9.59 Å². The molecule has 5 heteroatoms.